The van der Waals surface area contributed by atoms with Crippen molar-refractivity contribution in [3.63, 3.8) is 0 Å². The van der Waals surface area contributed by atoms with E-state index in [1.54, 1.807) is 24.5 Å². The number of rotatable bonds is 5. The topological polar surface area (TPSA) is 92.0 Å². The highest BCUT2D eigenvalue weighted by Gasteiger charge is 2.04. The van der Waals surface area contributed by atoms with Crippen LogP contribution in [-0.2, 0) is 23.1 Å². The first-order valence-electron chi connectivity index (χ1n) is 5.92. The van der Waals surface area contributed by atoms with Crippen LogP contribution in [0.5, 0.6) is 0 Å². The number of nitrogens with zero attached hydrogens (tertiary/aromatic N) is 3. The standard InChI is InChI=1S/C13H13N3O3S/c17-20(18,19)16-15-13-4-2-1-3-12(13)6-5-11-7-9-14-10-8-11/h1-4,7-10H,5-6H2,(H,17,18,19). The van der Waals surface area contributed by atoms with Crippen molar-refractivity contribution in [3.8, 4) is 0 Å². The van der Waals surface area contributed by atoms with Crippen LogP contribution in [0.15, 0.2) is 58.4 Å². The molecule has 0 atom stereocenters. The van der Waals surface area contributed by atoms with Crippen molar-refractivity contribution < 1.29 is 13.0 Å². The number of aryl methyl sites for hydroxylation is 2. The fourth-order valence-electron chi connectivity index (χ4n) is 1.74. The molecule has 0 unspecified atom stereocenters. The van der Waals surface area contributed by atoms with E-state index in [9.17, 15) is 8.42 Å². The lowest BCUT2D eigenvalue weighted by atomic mass is 10.0. The average Bonchev–Trinajstić information content (AvgIpc) is 2.44. The zero-order valence-corrected chi connectivity index (χ0v) is 11.4. The summed E-state index contributed by atoms with van der Waals surface area (Å²) in [7, 11) is -4.46. The molecule has 1 heterocycles. The van der Waals surface area contributed by atoms with Crippen LogP contribution in [0.3, 0.4) is 0 Å². The lowest BCUT2D eigenvalue weighted by Gasteiger charge is -2.04. The Labute approximate surface area is 117 Å². The van der Waals surface area contributed by atoms with Gasteiger partial charge >= 0.3 is 10.3 Å². The number of hydrogen-bond donors (Lipinski definition) is 1. The molecule has 0 amide bonds. The summed E-state index contributed by atoms with van der Waals surface area (Å²) in [5.41, 5.74) is 2.41. The van der Waals surface area contributed by atoms with Gasteiger partial charge in [-0.25, -0.2) is 0 Å². The summed E-state index contributed by atoms with van der Waals surface area (Å²) in [5, 5.41) is 3.56. The molecular weight excluding hydrogens is 278 g/mol. The van der Waals surface area contributed by atoms with Crippen molar-refractivity contribution in [2.45, 2.75) is 12.8 Å². The second kappa shape index (κ2) is 6.36. The van der Waals surface area contributed by atoms with Gasteiger partial charge in [-0.3, -0.25) is 9.54 Å². The van der Waals surface area contributed by atoms with Crippen LogP contribution >= 0.6 is 0 Å². The fraction of sp³-hybridized carbons (Fsp3) is 0.154. The Kier molecular flexibility index (Phi) is 4.54. The Morgan fingerprint density at radius 2 is 1.75 bits per heavy atom. The number of hydrogen-bond acceptors (Lipinski definition) is 4. The summed E-state index contributed by atoms with van der Waals surface area (Å²) >= 11 is 0. The third-order valence-corrected chi connectivity index (χ3v) is 2.96. The van der Waals surface area contributed by atoms with Gasteiger partial charge in [0, 0.05) is 12.4 Å². The average molecular weight is 291 g/mol. The monoisotopic (exact) mass is 291 g/mol. The van der Waals surface area contributed by atoms with Crippen molar-refractivity contribution in [3.05, 3.63) is 59.9 Å². The molecule has 20 heavy (non-hydrogen) atoms. The normalized spacial score (nSPS) is 11.8. The molecule has 1 aromatic carbocycles. The molecule has 0 fully saturated rings. The highest BCUT2D eigenvalue weighted by Crippen LogP contribution is 2.21. The summed E-state index contributed by atoms with van der Waals surface area (Å²) in [4.78, 5) is 3.95. The molecule has 104 valence electrons. The predicted molar refractivity (Wildman–Crippen MR) is 74.2 cm³/mol. The molecule has 0 aliphatic rings. The summed E-state index contributed by atoms with van der Waals surface area (Å²) in [5.74, 6) is 0. The molecule has 6 nitrogen and oxygen atoms in total. The van der Waals surface area contributed by atoms with E-state index in [0.29, 0.717) is 12.1 Å². The minimum atomic E-state index is -4.46. The van der Waals surface area contributed by atoms with Gasteiger partial charge in [-0.1, -0.05) is 18.2 Å². The number of benzene rings is 1. The van der Waals surface area contributed by atoms with Crippen LogP contribution < -0.4 is 0 Å². The van der Waals surface area contributed by atoms with Gasteiger partial charge in [-0.2, -0.15) is 8.42 Å². The molecule has 7 heteroatoms. The first-order valence-corrected chi connectivity index (χ1v) is 7.31. The van der Waals surface area contributed by atoms with Crippen LogP contribution in [0.1, 0.15) is 11.1 Å². The molecule has 1 N–H and O–H groups in total. The van der Waals surface area contributed by atoms with Crippen LogP contribution in [0.25, 0.3) is 0 Å². The van der Waals surface area contributed by atoms with E-state index in [2.05, 4.69) is 14.6 Å². The first-order chi connectivity index (χ1) is 9.54. The molecule has 1 aromatic heterocycles. The van der Waals surface area contributed by atoms with Crippen molar-refractivity contribution in [2.24, 2.45) is 9.63 Å². The molecule has 0 radical (unpaired) electrons. The Hall–Kier alpha value is -2.12. The van der Waals surface area contributed by atoms with Crippen molar-refractivity contribution >= 4 is 16.0 Å². The van der Waals surface area contributed by atoms with E-state index in [4.69, 9.17) is 4.55 Å². The maximum atomic E-state index is 10.6. The van der Waals surface area contributed by atoms with Crippen molar-refractivity contribution in [1.29, 1.82) is 0 Å². The van der Waals surface area contributed by atoms with E-state index >= 15 is 0 Å². The Morgan fingerprint density at radius 3 is 2.45 bits per heavy atom. The fourth-order valence-corrected chi connectivity index (χ4v) is 1.93. The summed E-state index contributed by atoms with van der Waals surface area (Å²) in [6.07, 6.45) is 4.91. The number of aromatic nitrogens is 1. The first kappa shape index (κ1) is 14.3. The molecule has 0 saturated heterocycles. The minimum Gasteiger partial charge on any atom is -0.267 e. The van der Waals surface area contributed by atoms with Gasteiger partial charge in [0.2, 0.25) is 0 Å². The third-order valence-electron chi connectivity index (χ3n) is 2.68. The van der Waals surface area contributed by atoms with E-state index < -0.39 is 10.3 Å². The van der Waals surface area contributed by atoms with E-state index in [1.807, 2.05) is 24.3 Å². The van der Waals surface area contributed by atoms with Gasteiger partial charge in [-0.15, -0.1) is 5.11 Å². The van der Waals surface area contributed by atoms with E-state index in [0.717, 1.165) is 17.5 Å². The highest BCUT2D eigenvalue weighted by atomic mass is 32.2. The smallest absolute Gasteiger partial charge is 0.267 e. The third kappa shape index (κ3) is 4.52. The Bertz CT molecular complexity index is 700. The van der Waals surface area contributed by atoms with Crippen LogP contribution in [0.4, 0.5) is 5.69 Å². The minimum absolute atomic E-state index is 0.430. The van der Waals surface area contributed by atoms with E-state index in [1.165, 1.54) is 0 Å². The molecular formula is C13H13N3O3S. The predicted octanol–water partition coefficient (Wildman–Crippen LogP) is 2.75. The van der Waals surface area contributed by atoms with Gasteiger partial charge in [0.25, 0.3) is 0 Å². The van der Waals surface area contributed by atoms with Crippen LogP contribution in [-0.4, -0.2) is 18.0 Å². The molecule has 0 spiro atoms. The molecule has 0 saturated carbocycles. The summed E-state index contributed by atoms with van der Waals surface area (Å²) in [6.45, 7) is 0. The van der Waals surface area contributed by atoms with E-state index in [-0.39, 0.29) is 0 Å². The molecule has 0 bridgehead atoms. The van der Waals surface area contributed by atoms with Crippen molar-refractivity contribution in [1.82, 2.24) is 4.98 Å². The largest absolute Gasteiger partial charge is 0.396 e. The van der Waals surface area contributed by atoms with Gasteiger partial charge in [0.05, 0.1) is 5.69 Å². The van der Waals surface area contributed by atoms with Crippen LogP contribution in [0.2, 0.25) is 0 Å². The van der Waals surface area contributed by atoms with Crippen molar-refractivity contribution in [2.75, 3.05) is 0 Å². The SMILES string of the molecule is O=S(=O)(O)N=Nc1ccccc1CCc1ccncc1. The summed E-state index contributed by atoms with van der Waals surface area (Å²) in [6, 6.07) is 10.9. The quantitative estimate of drug-likeness (QED) is 0.677. The molecule has 0 aliphatic heterocycles. The lowest BCUT2D eigenvalue weighted by molar-refractivity contribution is 0.482. The molecule has 0 aliphatic carbocycles. The lowest BCUT2D eigenvalue weighted by Crippen LogP contribution is -1.93. The Balaban J connectivity index is 2.14. The maximum Gasteiger partial charge on any atom is 0.396 e. The zero-order chi connectivity index (χ0) is 14.4. The summed E-state index contributed by atoms with van der Waals surface area (Å²) < 4.78 is 32.6. The van der Waals surface area contributed by atoms with Gasteiger partial charge in [0.1, 0.15) is 0 Å². The second-order valence-electron chi connectivity index (χ2n) is 4.11. The number of pyridine rings is 1. The zero-order valence-electron chi connectivity index (χ0n) is 10.5. The van der Waals surface area contributed by atoms with Crippen LogP contribution in [0, 0.1) is 0 Å². The Morgan fingerprint density at radius 1 is 1.05 bits per heavy atom. The van der Waals surface area contributed by atoms with Gasteiger partial charge in [-0.05, 0) is 46.7 Å². The van der Waals surface area contributed by atoms with Gasteiger partial charge < -0.3 is 0 Å². The highest BCUT2D eigenvalue weighted by molar-refractivity contribution is 7.84. The van der Waals surface area contributed by atoms with Gasteiger partial charge in [0.15, 0.2) is 0 Å². The maximum absolute atomic E-state index is 10.6. The second-order valence-corrected chi connectivity index (χ2v) is 5.17. The molecule has 2 aromatic rings. The molecule has 2 rings (SSSR count).